The van der Waals surface area contributed by atoms with Crippen molar-refractivity contribution in [2.75, 3.05) is 0 Å². The molecule has 1 aromatic heterocycles. The zero-order valence-corrected chi connectivity index (χ0v) is 13.0. The summed E-state index contributed by atoms with van der Waals surface area (Å²) in [5, 5.41) is 2.57. The van der Waals surface area contributed by atoms with E-state index in [4.69, 9.17) is 4.42 Å². The van der Waals surface area contributed by atoms with Gasteiger partial charge in [0.2, 0.25) is 5.89 Å². The number of hydrogen-bond donors (Lipinski definition) is 0. The van der Waals surface area contributed by atoms with Crippen molar-refractivity contribution in [2.45, 2.75) is 0 Å². The maximum atomic E-state index is 12.2. The predicted octanol–water partition coefficient (Wildman–Crippen LogP) is 4.77. The van der Waals surface area contributed by atoms with Crippen molar-refractivity contribution in [1.29, 1.82) is 0 Å². The van der Waals surface area contributed by atoms with Crippen LogP contribution in [0, 0.1) is 0 Å². The Morgan fingerprint density at radius 3 is 2.64 bits per heavy atom. The third-order valence-electron chi connectivity index (χ3n) is 3.61. The Balaban J connectivity index is 2.06. The van der Waals surface area contributed by atoms with Crippen molar-refractivity contribution in [3.05, 3.63) is 75.6 Å². The average Bonchev–Trinajstić information content (AvgIpc) is 2.53. The van der Waals surface area contributed by atoms with Gasteiger partial charge in [0.25, 0.3) is 0 Å². The van der Waals surface area contributed by atoms with Gasteiger partial charge in [0.05, 0.1) is 10.9 Å². The van der Waals surface area contributed by atoms with Crippen LogP contribution in [0.3, 0.4) is 0 Å². The summed E-state index contributed by atoms with van der Waals surface area (Å²) in [5.74, 6) is 0.340. The summed E-state index contributed by atoms with van der Waals surface area (Å²) in [4.78, 5) is 16.7. The molecule has 4 aromatic rings. The number of rotatable bonds is 1. The van der Waals surface area contributed by atoms with E-state index in [9.17, 15) is 4.79 Å². The Kier molecular flexibility index (Phi) is 3.05. The van der Waals surface area contributed by atoms with Gasteiger partial charge >= 0.3 is 5.63 Å². The molecule has 0 aliphatic carbocycles. The number of hydrogen-bond acceptors (Lipinski definition) is 3. The summed E-state index contributed by atoms with van der Waals surface area (Å²) >= 11 is 3.40. The molecule has 3 aromatic carbocycles. The van der Waals surface area contributed by atoms with Gasteiger partial charge < -0.3 is 4.42 Å². The molecule has 4 rings (SSSR count). The first-order valence-corrected chi connectivity index (χ1v) is 7.60. The number of aromatic nitrogens is 1. The van der Waals surface area contributed by atoms with Crippen LogP contribution < -0.4 is 5.63 Å². The van der Waals surface area contributed by atoms with Crippen molar-refractivity contribution in [1.82, 2.24) is 4.98 Å². The molecule has 0 unspecified atom stereocenters. The summed E-state index contributed by atoms with van der Waals surface area (Å²) in [6.45, 7) is 0. The molecule has 0 amide bonds. The maximum Gasteiger partial charge on any atom is 0.347 e. The Labute approximate surface area is 134 Å². The molecule has 106 valence electrons. The molecule has 3 nitrogen and oxygen atoms in total. The van der Waals surface area contributed by atoms with Crippen molar-refractivity contribution in [2.24, 2.45) is 0 Å². The smallest absolute Gasteiger partial charge is 0.347 e. The van der Waals surface area contributed by atoms with Crippen LogP contribution in [0.1, 0.15) is 0 Å². The minimum Gasteiger partial charge on any atom is -0.403 e. The molecule has 0 radical (unpaired) electrons. The van der Waals surface area contributed by atoms with Crippen LogP contribution in [0.5, 0.6) is 0 Å². The maximum absolute atomic E-state index is 12.2. The zero-order valence-electron chi connectivity index (χ0n) is 11.4. The highest BCUT2D eigenvalue weighted by Crippen LogP contribution is 2.28. The van der Waals surface area contributed by atoms with E-state index in [0.717, 1.165) is 20.8 Å². The minimum absolute atomic E-state index is 0.340. The molecule has 0 aliphatic heterocycles. The zero-order chi connectivity index (χ0) is 15.1. The molecule has 22 heavy (non-hydrogen) atoms. The first-order valence-electron chi connectivity index (χ1n) is 6.81. The number of nitrogens with zero attached hydrogens (tertiary/aromatic N) is 1. The van der Waals surface area contributed by atoms with Gasteiger partial charge in [-0.25, -0.2) is 9.78 Å². The molecule has 0 saturated heterocycles. The fraction of sp³-hybridized carbons (Fsp3) is 0. The highest BCUT2D eigenvalue weighted by atomic mass is 79.9. The van der Waals surface area contributed by atoms with Crippen molar-refractivity contribution in [3.8, 4) is 11.5 Å². The second kappa shape index (κ2) is 5.07. The fourth-order valence-corrected chi connectivity index (χ4v) is 2.92. The first-order chi connectivity index (χ1) is 10.7. The predicted molar refractivity (Wildman–Crippen MR) is 90.9 cm³/mol. The Hall–Kier alpha value is -2.46. The molecule has 4 heteroatoms. The van der Waals surface area contributed by atoms with Gasteiger partial charge in [-0.15, -0.1) is 0 Å². The minimum atomic E-state index is -0.375. The largest absolute Gasteiger partial charge is 0.403 e. The van der Waals surface area contributed by atoms with E-state index in [1.54, 1.807) is 12.1 Å². The first kappa shape index (κ1) is 13.2. The van der Waals surface area contributed by atoms with E-state index in [1.165, 1.54) is 0 Å². The van der Waals surface area contributed by atoms with Gasteiger partial charge in [-0.3, -0.25) is 0 Å². The molecule has 0 N–H and O–H groups in total. The second-order valence-electron chi connectivity index (χ2n) is 4.99. The van der Waals surface area contributed by atoms with Crippen molar-refractivity contribution >= 4 is 37.6 Å². The summed E-state index contributed by atoms with van der Waals surface area (Å²) in [5.41, 5.74) is 1.06. The van der Waals surface area contributed by atoms with Crippen LogP contribution >= 0.6 is 15.9 Å². The highest BCUT2D eigenvalue weighted by Gasteiger charge is 2.11. The molecule has 0 saturated carbocycles. The highest BCUT2D eigenvalue weighted by molar-refractivity contribution is 9.10. The average molecular weight is 352 g/mol. The topological polar surface area (TPSA) is 43.1 Å². The lowest BCUT2D eigenvalue weighted by Crippen LogP contribution is -2.03. The van der Waals surface area contributed by atoms with Crippen LogP contribution in [0.2, 0.25) is 0 Å². The van der Waals surface area contributed by atoms with Crippen LogP contribution in [-0.4, -0.2) is 4.98 Å². The lowest BCUT2D eigenvalue weighted by atomic mass is 10.0. The second-order valence-corrected chi connectivity index (χ2v) is 5.91. The summed E-state index contributed by atoms with van der Waals surface area (Å²) in [7, 11) is 0. The molecule has 0 spiro atoms. The third-order valence-corrected chi connectivity index (χ3v) is 4.10. The molecule has 0 aliphatic rings. The van der Waals surface area contributed by atoms with E-state index < -0.39 is 0 Å². The van der Waals surface area contributed by atoms with Gasteiger partial charge in [-0.1, -0.05) is 52.3 Å². The monoisotopic (exact) mass is 351 g/mol. The van der Waals surface area contributed by atoms with Crippen LogP contribution in [-0.2, 0) is 0 Å². The number of fused-ring (bicyclic) bond motifs is 2. The number of benzene rings is 3. The van der Waals surface area contributed by atoms with Crippen LogP contribution in [0.4, 0.5) is 0 Å². The Bertz CT molecular complexity index is 1060. The van der Waals surface area contributed by atoms with Gasteiger partial charge in [0.15, 0.2) is 0 Å². The van der Waals surface area contributed by atoms with Gasteiger partial charge in [0.1, 0.15) is 0 Å². The summed E-state index contributed by atoms with van der Waals surface area (Å²) in [6, 6.07) is 19.2. The summed E-state index contributed by atoms with van der Waals surface area (Å²) < 4.78 is 6.32. The quantitative estimate of drug-likeness (QED) is 0.496. The van der Waals surface area contributed by atoms with E-state index in [-0.39, 0.29) is 5.63 Å². The molecular weight excluding hydrogens is 342 g/mol. The van der Waals surface area contributed by atoms with Crippen molar-refractivity contribution < 1.29 is 4.42 Å². The SMILES string of the molecule is O=c1oc(-c2cccc3ccccc23)nc2cc(Br)ccc12. The van der Waals surface area contributed by atoms with Crippen LogP contribution in [0.15, 0.2) is 74.3 Å². The Morgan fingerprint density at radius 2 is 1.73 bits per heavy atom. The molecule has 1 heterocycles. The normalized spacial score (nSPS) is 11.1. The van der Waals surface area contributed by atoms with E-state index >= 15 is 0 Å². The van der Waals surface area contributed by atoms with Crippen molar-refractivity contribution in [3.63, 3.8) is 0 Å². The molecular formula is C18H10BrNO2. The van der Waals surface area contributed by atoms with Gasteiger partial charge in [0, 0.05) is 10.0 Å². The third kappa shape index (κ3) is 2.12. The summed E-state index contributed by atoms with van der Waals surface area (Å²) in [6.07, 6.45) is 0. The number of halogens is 1. The van der Waals surface area contributed by atoms with Gasteiger partial charge in [-0.05, 0) is 35.0 Å². The van der Waals surface area contributed by atoms with E-state index in [1.807, 2.05) is 48.5 Å². The molecule has 0 bridgehead atoms. The Morgan fingerprint density at radius 1 is 0.909 bits per heavy atom. The van der Waals surface area contributed by atoms with Gasteiger partial charge in [-0.2, -0.15) is 0 Å². The lowest BCUT2D eigenvalue weighted by molar-refractivity contribution is 0.519. The fourth-order valence-electron chi connectivity index (χ4n) is 2.57. The van der Waals surface area contributed by atoms with Crippen LogP contribution in [0.25, 0.3) is 33.1 Å². The van der Waals surface area contributed by atoms with E-state index in [0.29, 0.717) is 16.8 Å². The molecule has 0 atom stereocenters. The lowest BCUT2D eigenvalue weighted by Gasteiger charge is -2.05. The standard InChI is InChI=1S/C18H10BrNO2/c19-12-8-9-15-16(10-12)20-17(22-18(15)21)14-7-3-5-11-4-1-2-6-13(11)14/h1-10H. The molecule has 0 fully saturated rings. The van der Waals surface area contributed by atoms with E-state index in [2.05, 4.69) is 20.9 Å².